The van der Waals surface area contributed by atoms with E-state index in [1.807, 2.05) is 26.0 Å². The van der Waals surface area contributed by atoms with E-state index in [-0.39, 0.29) is 4.90 Å². The molecule has 1 aromatic heterocycles. The van der Waals surface area contributed by atoms with Crippen LogP contribution in [0.5, 0.6) is 0 Å². The van der Waals surface area contributed by atoms with Crippen molar-refractivity contribution < 1.29 is 8.42 Å². The molecule has 0 atom stereocenters. The molecule has 0 radical (unpaired) electrons. The SMILES string of the molecule is Cc1sc2c(C)ccc(C)c2c1S(N)(=O)=O. The summed E-state index contributed by atoms with van der Waals surface area (Å²) in [5.41, 5.74) is 2.04. The van der Waals surface area contributed by atoms with Crippen LogP contribution < -0.4 is 5.14 Å². The first-order valence-electron chi connectivity index (χ1n) is 4.84. The number of fused-ring (bicyclic) bond motifs is 1. The molecule has 0 aliphatic heterocycles. The molecule has 0 saturated carbocycles. The maximum atomic E-state index is 11.6. The molecule has 1 aromatic carbocycles. The average Bonchev–Trinajstić information content (AvgIpc) is 2.49. The van der Waals surface area contributed by atoms with Crippen molar-refractivity contribution in [3.05, 3.63) is 28.1 Å². The highest BCUT2D eigenvalue weighted by Crippen LogP contribution is 2.37. The Hall–Kier alpha value is -0.910. The van der Waals surface area contributed by atoms with Crippen LogP contribution >= 0.6 is 11.3 Å². The number of benzene rings is 1. The van der Waals surface area contributed by atoms with E-state index in [2.05, 4.69) is 0 Å². The lowest BCUT2D eigenvalue weighted by atomic mass is 10.1. The molecule has 5 heteroatoms. The predicted octanol–water partition coefficient (Wildman–Crippen LogP) is 2.47. The largest absolute Gasteiger partial charge is 0.239 e. The first-order valence-corrected chi connectivity index (χ1v) is 7.20. The fourth-order valence-electron chi connectivity index (χ4n) is 1.92. The van der Waals surface area contributed by atoms with E-state index in [1.54, 1.807) is 6.92 Å². The van der Waals surface area contributed by atoms with Gasteiger partial charge in [0.05, 0.1) is 0 Å². The molecule has 0 bridgehead atoms. The van der Waals surface area contributed by atoms with Crippen molar-refractivity contribution in [3.63, 3.8) is 0 Å². The van der Waals surface area contributed by atoms with Crippen molar-refractivity contribution in [1.82, 2.24) is 0 Å². The molecule has 1 heterocycles. The van der Waals surface area contributed by atoms with Crippen LogP contribution in [-0.4, -0.2) is 8.42 Å². The zero-order chi connectivity index (χ0) is 12.1. The summed E-state index contributed by atoms with van der Waals surface area (Å²) >= 11 is 1.49. The molecule has 0 spiro atoms. The van der Waals surface area contributed by atoms with Crippen LogP contribution in [0.3, 0.4) is 0 Å². The minimum Gasteiger partial charge on any atom is -0.225 e. The fraction of sp³-hybridized carbons (Fsp3) is 0.273. The monoisotopic (exact) mass is 255 g/mol. The van der Waals surface area contributed by atoms with Crippen molar-refractivity contribution in [3.8, 4) is 0 Å². The Bertz CT molecular complexity index is 669. The maximum absolute atomic E-state index is 11.6. The van der Waals surface area contributed by atoms with Gasteiger partial charge in [0.15, 0.2) is 0 Å². The third-order valence-corrected chi connectivity index (χ3v) is 5.10. The quantitative estimate of drug-likeness (QED) is 0.851. The second kappa shape index (κ2) is 3.55. The Kier molecular flexibility index (Phi) is 2.57. The lowest BCUT2D eigenvalue weighted by Gasteiger charge is -2.02. The molecule has 0 amide bonds. The van der Waals surface area contributed by atoms with Crippen molar-refractivity contribution in [2.45, 2.75) is 25.7 Å². The summed E-state index contributed by atoms with van der Waals surface area (Å²) in [5, 5.41) is 6.05. The number of nitrogens with two attached hydrogens (primary N) is 1. The molecule has 2 aromatic rings. The molecule has 2 N–H and O–H groups in total. The molecule has 86 valence electrons. The Balaban J connectivity index is 3.06. The van der Waals surface area contributed by atoms with Crippen LogP contribution in [0.25, 0.3) is 10.1 Å². The van der Waals surface area contributed by atoms with Crippen molar-refractivity contribution in [2.24, 2.45) is 5.14 Å². The van der Waals surface area contributed by atoms with Crippen molar-refractivity contribution >= 4 is 31.4 Å². The van der Waals surface area contributed by atoms with Gasteiger partial charge in [-0.1, -0.05) is 12.1 Å². The van der Waals surface area contributed by atoms with E-state index in [0.717, 1.165) is 26.1 Å². The first-order chi connectivity index (χ1) is 7.32. The first kappa shape index (κ1) is 11.6. The molecule has 0 saturated heterocycles. The van der Waals surface area contributed by atoms with E-state index in [0.29, 0.717) is 0 Å². The normalized spacial score (nSPS) is 12.2. The van der Waals surface area contributed by atoms with Gasteiger partial charge in [-0.2, -0.15) is 0 Å². The number of aryl methyl sites for hydroxylation is 3. The van der Waals surface area contributed by atoms with Crippen LogP contribution in [0, 0.1) is 20.8 Å². The van der Waals surface area contributed by atoms with E-state index in [9.17, 15) is 8.42 Å². The van der Waals surface area contributed by atoms with Gasteiger partial charge < -0.3 is 0 Å². The molecule has 0 aliphatic carbocycles. The highest BCUT2D eigenvalue weighted by Gasteiger charge is 2.20. The smallest absolute Gasteiger partial charge is 0.225 e. The lowest BCUT2D eigenvalue weighted by Crippen LogP contribution is -2.12. The average molecular weight is 255 g/mol. The van der Waals surface area contributed by atoms with Gasteiger partial charge in [-0.05, 0) is 31.9 Å². The second-order valence-electron chi connectivity index (χ2n) is 3.94. The Morgan fingerprint density at radius 1 is 1.12 bits per heavy atom. The van der Waals surface area contributed by atoms with Gasteiger partial charge in [-0.3, -0.25) is 0 Å². The van der Waals surface area contributed by atoms with E-state index >= 15 is 0 Å². The minimum atomic E-state index is -3.65. The molecular formula is C11H13NO2S2. The minimum absolute atomic E-state index is 0.286. The number of hydrogen-bond acceptors (Lipinski definition) is 3. The van der Waals surface area contributed by atoms with Gasteiger partial charge in [0.25, 0.3) is 0 Å². The number of hydrogen-bond donors (Lipinski definition) is 1. The van der Waals surface area contributed by atoms with Crippen LogP contribution in [-0.2, 0) is 10.0 Å². The van der Waals surface area contributed by atoms with Crippen LogP contribution in [0.1, 0.15) is 16.0 Å². The Labute approximate surface area is 98.9 Å². The summed E-state index contributed by atoms with van der Waals surface area (Å²) in [5.74, 6) is 0. The van der Waals surface area contributed by atoms with Gasteiger partial charge in [-0.15, -0.1) is 11.3 Å². The van der Waals surface area contributed by atoms with Crippen LogP contribution in [0.15, 0.2) is 17.0 Å². The summed E-state index contributed by atoms with van der Waals surface area (Å²) in [7, 11) is -3.65. The lowest BCUT2D eigenvalue weighted by molar-refractivity contribution is 0.598. The highest BCUT2D eigenvalue weighted by atomic mass is 32.2. The Morgan fingerprint density at radius 3 is 2.25 bits per heavy atom. The maximum Gasteiger partial charge on any atom is 0.239 e. The fourth-order valence-corrected chi connectivity index (χ4v) is 4.50. The molecule has 0 aliphatic rings. The van der Waals surface area contributed by atoms with Gasteiger partial charge >= 0.3 is 0 Å². The number of thiophene rings is 1. The summed E-state index contributed by atoms with van der Waals surface area (Å²) in [6.07, 6.45) is 0. The van der Waals surface area contributed by atoms with Gasteiger partial charge in [0, 0.05) is 15.0 Å². The summed E-state index contributed by atoms with van der Waals surface area (Å²) < 4.78 is 24.2. The topological polar surface area (TPSA) is 60.2 Å². The Morgan fingerprint density at radius 2 is 1.69 bits per heavy atom. The highest BCUT2D eigenvalue weighted by molar-refractivity contribution is 7.89. The number of primary sulfonamides is 1. The van der Waals surface area contributed by atoms with E-state index in [4.69, 9.17) is 5.14 Å². The van der Waals surface area contributed by atoms with Crippen molar-refractivity contribution in [1.29, 1.82) is 0 Å². The summed E-state index contributed by atoms with van der Waals surface area (Å²) in [6.45, 7) is 5.68. The predicted molar refractivity (Wildman–Crippen MR) is 67.4 cm³/mol. The van der Waals surface area contributed by atoms with Gasteiger partial charge in [-0.25, -0.2) is 13.6 Å². The van der Waals surface area contributed by atoms with Crippen LogP contribution in [0.2, 0.25) is 0 Å². The standard InChI is InChI=1S/C11H13NO2S2/c1-6-4-5-7(2)10-9(6)11(8(3)15-10)16(12,13)14/h4-5H,1-3H3,(H2,12,13,14). The molecular weight excluding hydrogens is 242 g/mol. The third kappa shape index (κ3) is 1.65. The molecule has 0 unspecified atom stereocenters. The zero-order valence-electron chi connectivity index (χ0n) is 9.37. The zero-order valence-corrected chi connectivity index (χ0v) is 11.0. The van der Waals surface area contributed by atoms with Gasteiger partial charge in [0.2, 0.25) is 10.0 Å². The summed E-state index contributed by atoms with van der Waals surface area (Å²) in [6, 6.07) is 3.93. The second-order valence-corrected chi connectivity index (χ2v) is 6.66. The molecule has 0 fully saturated rings. The van der Waals surface area contributed by atoms with E-state index < -0.39 is 10.0 Å². The molecule has 16 heavy (non-hydrogen) atoms. The van der Waals surface area contributed by atoms with Crippen LogP contribution in [0.4, 0.5) is 0 Å². The number of sulfonamides is 1. The van der Waals surface area contributed by atoms with E-state index in [1.165, 1.54) is 11.3 Å². The van der Waals surface area contributed by atoms with Gasteiger partial charge in [0.1, 0.15) is 4.90 Å². The number of rotatable bonds is 1. The summed E-state index contributed by atoms with van der Waals surface area (Å²) in [4.78, 5) is 1.05. The van der Waals surface area contributed by atoms with Crippen molar-refractivity contribution in [2.75, 3.05) is 0 Å². The molecule has 2 rings (SSSR count). The third-order valence-electron chi connectivity index (χ3n) is 2.65. The molecule has 3 nitrogen and oxygen atoms in total.